The molecule has 7 nitrogen and oxygen atoms in total. The minimum Gasteiger partial charge on any atom is -0.351 e. The van der Waals surface area contributed by atoms with E-state index in [0.717, 1.165) is 0 Å². The Bertz CT molecular complexity index is 1510. The van der Waals surface area contributed by atoms with Gasteiger partial charge < -0.3 is 10.6 Å². The molecule has 1 saturated carbocycles. The van der Waals surface area contributed by atoms with Gasteiger partial charge in [0.15, 0.2) is 0 Å². The summed E-state index contributed by atoms with van der Waals surface area (Å²) in [5.41, 5.74) is -1.34. The minimum atomic E-state index is -4.26. The van der Waals surface area contributed by atoms with Gasteiger partial charge in [0.25, 0.3) is 11.5 Å². The molecule has 1 aliphatic rings. The highest BCUT2D eigenvalue weighted by Crippen LogP contribution is 2.40. The van der Waals surface area contributed by atoms with Gasteiger partial charge in [0.05, 0.1) is 34.1 Å². The monoisotopic (exact) mass is 580 g/mol. The molecule has 0 aliphatic heterocycles. The molecule has 0 atom stereocenters. The molecule has 40 heavy (non-hydrogen) atoms. The van der Waals surface area contributed by atoms with Gasteiger partial charge in [0.2, 0.25) is 5.91 Å². The van der Waals surface area contributed by atoms with Crippen molar-refractivity contribution in [3.63, 3.8) is 0 Å². The van der Waals surface area contributed by atoms with E-state index >= 15 is 4.39 Å². The van der Waals surface area contributed by atoms with Crippen LogP contribution in [0.15, 0.2) is 41.3 Å². The zero-order valence-corrected chi connectivity index (χ0v) is 22.9. The average Bonchev–Trinajstić information content (AvgIpc) is 2.87. The highest BCUT2D eigenvalue weighted by atomic mass is 35.5. The number of aromatic nitrogens is 2. The molecule has 1 heterocycles. The number of anilines is 1. The van der Waals surface area contributed by atoms with Crippen molar-refractivity contribution in [3.05, 3.63) is 68.8 Å². The highest BCUT2D eigenvalue weighted by Gasteiger charge is 2.42. The van der Waals surface area contributed by atoms with Crippen molar-refractivity contribution >= 4 is 39.9 Å². The van der Waals surface area contributed by atoms with Gasteiger partial charge in [0.1, 0.15) is 5.82 Å². The van der Waals surface area contributed by atoms with E-state index in [4.69, 9.17) is 11.6 Å². The van der Waals surface area contributed by atoms with Gasteiger partial charge in [-0.3, -0.25) is 14.4 Å². The summed E-state index contributed by atoms with van der Waals surface area (Å²) in [6, 6.07) is 6.75. The van der Waals surface area contributed by atoms with Crippen LogP contribution in [0.4, 0.5) is 23.2 Å². The average molecular weight is 581 g/mol. The number of hydrogen-bond acceptors (Lipinski definition) is 4. The van der Waals surface area contributed by atoms with Crippen molar-refractivity contribution in [1.29, 1.82) is 0 Å². The van der Waals surface area contributed by atoms with Crippen LogP contribution < -0.4 is 16.2 Å². The van der Waals surface area contributed by atoms with Gasteiger partial charge in [-0.15, -0.1) is 0 Å². The Kier molecular flexibility index (Phi) is 8.26. The Morgan fingerprint density at radius 1 is 1.07 bits per heavy atom. The fourth-order valence-corrected chi connectivity index (χ4v) is 4.95. The van der Waals surface area contributed by atoms with Crippen LogP contribution in [0.2, 0.25) is 5.02 Å². The van der Waals surface area contributed by atoms with Crippen molar-refractivity contribution < 1.29 is 27.2 Å². The Labute approximate surface area is 232 Å². The molecule has 0 unspecified atom stereocenters. The molecule has 12 heteroatoms. The first kappa shape index (κ1) is 29.5. The first-order chi connectivity index (χ1) is 18.7. The smallest absolute Gasteiger partial charge is 0.351 e. The van der Waals surface area contributed by atoms with E-state index in [1.165, 1.54) is 35.1 Å². The lowest BCUT2D eigenvalue weighted by Gasteiger charge is -2.30. The lowest BCUT2D eigenvalue weighted by molar-refractivity contribution is -0.183. The van der Waals surface area contributed by atoms with Crippen molar-refractivity contribution in [3.8, 4) is 0 Å². The number of fused-ring (bicyclic) bond motifs is 1. The Morgan fingerprint density at radius 3 is 2.38 bits per heavy atom. The molecule has 0 saturated heterocycles. The zero-order valence-electron chi connectivity index (χ0n) is 22.2. The molecule has 4 rings (SSSR count). The van der Waals surface area contributed by atoms with Gasteiger partial charge in [-0.25, -0.2) is 9.07 Å². The normalized spacial score (nSPS) is 18.0. The van der Waals surface area contributed by atoms with Crippen LogP contribution in [0.1, 0.15) is 68.4 Å². The number of rotatable bonds is 5. The van der Waals surface area contributed by atoms with Gasteiger partial charge in [0, 0.05) is 28.6 Å². The highest BCUT2D eigenvalue weighted by molar-refractivity contribution is 6.34. The van der Waals surface area contributed by atoms with Crippen LogP contribution in [0.5, 0.6) is 0 Å². The van der Waals surface area contributed by atoms with Crippen LogP contribution in [0.25, 0.3) is 10.8 Å². The van der Waals surface area contributed by atoms with Crippen LogP contribution in [0.3, 0.4) is 0 Å². The lowest BCUT2D eigenvalue weighted by Crippen LogP contribution is -2.34. The molecule has 2 aromatic carbocycles. The summed E-state index contributed by atoms with van der Waals surface area (Å²) in [6.07, 6.45) is -2.64. The summed E-state index contributed by atoms with van der Waals surface area (Å²) in [5, 5.41) is 9.90. The van der Waals surface area contributed by atoms with Crippen LogP contribution in [-0.2, 0) is 11.3 Å². The summed E-state index contributed by atoms with van der Waals surface area (Å²) in [5.74, 6) is -3.42. The number of nitrogens with one attached hydrogen (secondary N) is 2. The number of nitrogens with zero attached hydrogens (tertiary/aromatic N) is 2. The quantitative estimate of drug-likeness (QED) is 0.342. The summed E-state index contributed by atoms with van der Waals surface area (Å²) < 4.78 is 55.6. The Morgan fingerprint density at radius 2 is 1.75 bits per heavy atom. The van der Waals surface area contributed by atoms with Crippen molar-refractivity contribution in [1.82, 2.24) is 15.1 Å². The van der Waals surface area contributed by atoms with E-state index in [1.54, 1.807) is 26.8 Å². The summed E-state index contributed by atoms with van der Waals surface area (Å²) >= 11 is 6.14. The van der Waals surface area contributed by atoms with Crippen LogP contribution >= 0.6 is 11.6 Å². The molecule has 214 valence electrons. The Hall–Kier alpha value is -3.47. The number of amides is 2. The fraction of sp³-hybridized carbons (Fsp3) is 0.429. The predicted molar refractivity (Wildman–Crippen MR) is 144 cm³/mol. The van der Waals surface area contributed by atoms with E-state index in [1.807, 2.05) is 0 Å². The standard InChI is InChI=1S/C28H29ClF4N4O3/c1-27(2,3)26(40)34-13-16-5-11-21(29)22(23(16)30)24(38)36-18-8-4-15-14-35-37(25(39)20(15)12-18)19-9-6-17(7-10-19)28(31,32)33/h4-5,8,11-12,14,17,19H,6-7,9-10,13H2,1-3H3,(H,34,40)(H,36,38). The first-order valence-corrected chi connectivity index (χ1v) is 13.2. The molecule has 1 fully saturated rings. The SMILES string of the molecule is CC(C)(C)C(=O)NCc1ccc(Cl)c(C(=O)Nc2ccc3cnn(C4CCC(C(F)(F)F)CC4)c(=O)c3c2)c1F. The number of carbonyl (C=O) groups excluding carboxylic acids is 2. The van der Waals surface area contributed by atoms with Gasteiger partial charge in [-0.1, -0.05) is 44.5 Å². The third-order valence-corrected chi connectivity index (χ3v) is 7.41. The summed E-state index contributed by atoms with van der Waals surface area (Å²) in [6.45, 7) is 5.00. The third-order valence-electron chi connectivity index (χ3n) is 7.10. The molecule has 1 aliphatic carbocycles. The maximum absolute atomic E-state index is 15.3. The van der Waals surface area contributed by atoms with Crippen molar-refractivity contribution in [2.24, 2.45) is 11.3 Å². The minimum absolute atomic E-state index is 0.0693. The molecule has 0 radical (unpaired) electrons. The predicted octanol–water partition coefficient (Wildman–Crippen LogP) is 6.40. The number of hydrogen-bond donors (Lipinski definition) is 2. The van der Waals surface area contributed by atoms with Gasteiger partial charge in [-0.05, 0) is 43.9 Å². The molecule has 0 spiro atoms. The molecule has 3 aromatic rings. The number of benzene rings is 2. The molecule has 2 amide bonds. The number of carbonyl (C=O) groups is 2. The van der Waals surface area contributed by atoms with E-state index in [2.05, 4.69) is 15.7 Å². The molecule has 1 aromatic heterocycles. The maximum atomic E-state index is 15.3. The van der Waals surface area contributed by atoms with Crippen molar-refractivity contribution in [2.75, 3.05) is 5.32 Å². The van der Waals surface area contributed by atoms with Gasteiger partial charge >= 0.3 is 6.18 Å². The van der Waals surface area contributed by atoms with E-state index < -0.39 is 46.4 Å². The van der Waals surface area contributed by atoms with Crippen LogP contribution in [0, 0.1) is 17.2 Å². The molecular weight excluding hydrogens is 552 g/mol. The van der Waals surface area contributed by atoms with Gasteiger partial charge in [-0.2, -0.15) is 18.3 Å². The second-order valence-corrected chi connectivity index (χ2v) is 11.4. The Balaban J connectivity index is 1.55. The van der Waals surface area contributed by atoms with E-state index in [0.29, 0.717) is 5.39 Å². The largest absolute Gasteiger partial charge is 0.391 e. The third kappa shape index (κ3) is 6.29. The second kappa shape index (κ2) is 11.2. The summed E-state index contributed by atoms with van der Waals surface area (Å²) in [7, 11) is 0. The number of halogens is 5. The number of alkyl halides is 3. The second-order valence-electron chi connectivity index (χ2n) is 11.0. The molecular formula is C28H29ClF4N4O3. The first-order valence-electron chi connectivity index (χ1n) is 12.8. The van der Waals surface area contributed by atoms with Crippen molar-refractivity contribution in [2.45, 2.75) is 65.2 Å². The fourth-order valence-electron chi connectivity index (χ4n) is 4.71. The molecule has 2 N–H and O–H groups in total. The van der Waals surface area contributed by atoms with E-state index in [9.17, 15) is 27.6 Å². The topological polar surface area (TPSA) is 93.1 Å². The van der Waals surface area contributed by atoms with E-state index in [-0.39, 0.29) is 59.8 Å². The lowest BCUT2D eigenvalue weighted by atomic mass is 9.85. The zero-order chi connectivity index (χ0) is 29.4. The van der Waals surface area contributed by atoms with Crippen LogP contribution in [-0.4, -0.2) is 27.8 Å². The maximum Gasteiger partial charge on any atom is 0.391 e. The summed E-state index contributed by atoms with van der Waals surface area (Å²) in [4.78, 5) is 38.4. The molecule has 0 bridgehead atoms.